The van der Waals surface area contributed by atoms with Crippen LogP contribution in [-0.4, -0.2) is 34.0 Å². The van der Waals surface area contributed by atoms with Crippen LogP contribution in [0.3, 0.4) is 0 Å². The maximum Gasteiger partial charge on any atom is 0.253 e. The molecule has 0 spiro atoms. The fourth-order valence-corrected chi connectivity index (χ4v) is 3.73. The third-order valence-electron chi connectivity index (χ3n) is 5.60. The molecule has 5 heteroatoms. The lowest BCUT2D eigenvalue weighted by Gasteiger charge is -2.30. The Morgan fingerprint density at radius 1 is 1.00 bits per heavy atom. The molecule has 1 aromatic heterocycles. The van der Waals surface area contributed by atoms with Crippen molar-refractivity contribution in [3.05, 3.63) is 71.6 Å². The van der Waals surface area contributed by atoms with Crippen LogP contribution in [-0.2, 0) is 5.41 Å². The van der Waals surface area contributed by atoms with Crippen molar-refractivity contribution in [1.82, 2.24) is 15.0 Å². The second-order valence-corrected chi connectivity index (χ2v) is 8.72. The van der Waals surface area contributed by atoms with Gasteiger partial charge in [-0.2, -0.15) is 4.98 Å². The molecule has 0 aliphatic carbocycles. The van der Waals surface area contributed by atoms with Gasteiger partial charge in [0, 0.05) is 30.1 Å². The number of likely N-dealkylation sites (tertiary alicyclic amines) is 1. The molecule has 1 aliphatic rings. The number of carbonyl (C=O) groups is 1. The number of aromatic nitrogens is 2. The van der Waals surface area contributed by atoms with Crippen LogP contribution in [0.25, 0.3) is 11.4 Å². The van der Waals surface area contributed by atoms with Gasteiger partial charge in [-0.1, -0.05) is 68.4 Å². The first-order chi connectivity index (χ1) is 13.9. The highest BCUT2D eigenvalue weighted by atomic mass is 16.5. The molecule has 1 aliphatic heterocycles. The molecule has 1 saturated heterocycles. The molecule has 29 heavy (non-hydrogen) atoms. The van der Waals surface area contributed by atoms with E-state index in [1.54, 1.807) is 0 Å². The Morgan fingerprint density at radius 3 is 2.28 bits per heavy atom. The predicted octanol–water partition coefficient (Wildman–Crippen LogP) is 5.05. The molecular weight excluding hydrogens is 362 g/mol. The van der Waals surface area contributed by atoms with E-state index in [2.05, 4.69) is 43.0 Å². The first-order valence-electron chi connectivity index (χ1n) is 10.2. The topological polar surface area (TPSA) is 59.2 Å². The van der Waals surface area contributed by atoms with E-state index < -0.39 is 0 Å². The number of carbonyl (C=O) groups excluding carboxylic acids is 1. The summed E-state index contributed by atoms with van der Waals surface area (Å²) in [6.45, 7) is 7.93. The number of piperidine rings is 1. The van der Waals surface area contributed by atoms with Gasteiger partial charge in [0.2, 0.25) is 11.7 Å². The summed E-state index contributed by atoms with van der Waals surface area (Å²) in [5, 5.41) is 4.12. The Balaban J connectivity index is 1.38. The zero-order valence-electron chi connectivity index (χ0n) is 17.3. The normalized spacial score (nSPS) is 15.5. The molecule has 150 valence electrons. The Bertz CT molecular complexity index is 963. The summed E-state index contributed by atoms with van der Waals surface area (Å²) in [5.41, 5.74) is 3.02. The minimum Gasteiger partial charge on any atom is -0.339 e. The van der Waals surface area contributed by atoms with Crippen molar-refractivity contribution in [2.45, 2.75) is 44.9 Å². The van der Waals surface area contributed by atoms with Crippen molar-refractivity contribution in [3.63, 3.8) is 0 Å². The Kier molecular flexibility index (Phi) is 5.22. The maximum atomic E-state index is 12.9. The largest absolute Gasteiger partial charge is 0.339 e. The van der Waals surface area contributed by atoms with Gasteiger partial charge in [0.1, 0.15) is 0 Å². The third-order valence-corrected chi connectivity index (χ3v) is 5.60. The van der Waals surface area contributed by atoms with Crippen LogP contribution >= 0.6 is 0 Å². The van der Waals surface area contributed by atoms with Crippen LogP contribution in [0.1, 0.15) is 61.3 Å². The van der Waals surface area contributed by atoms with Gasteiger partial charge in [-0.25, -0.2) is 0 Å². The molecule has 4 rings (SSSR count). The van der Waals surface area contributed by atoms with E-state index in [1.807, 2.05) is 47.4 Å². The summed E-state index contributed by atoms with van der Waals surface area (Å²) in [6.07, 6.45) is 1.67. The van der Waals surface area contributed by atoms with Crippen molar-refractivity contribution in [3.8, 4) is 11.4 Å². The van der Waals surface area contributed by atoms with Gasteiger partial charge >= 0.3 is 0 Å². The maximum absolute atomic E-state index is 12.9. The number of hydrogen-bond donors (Lipinski definition) is 0. The number of benzene rings is 2. The van der Waals surface area contributed by atoms with Gasteiger partial charge in [0.05, 0.1) is 0 Å². The Hall–Kier alpha value is -2.95. The van der Waals surface area contributed by atoms with Gasteiger partial charge in [-0.15, -0.1) is 0 Å². The average molecular weight is 389 g/mol. The van der Waals surface area contributed by atoms with E-state index in [0.29, 0.717) is 24.8 Å². The standard InChI is InChI=1S/C24H27N3O2/c1-24(2,3)20-11-9-19(10-12-20)23(28)27-15-13-18(14-16-27)22-25-21(26-29-22)17-7-5-4-6-8-17/h4-12,18H,13-16H2,1-3H3. The van der Waals surface area contributed by atoms with Crippen LogP contribution in [0.5, 0.6) is 0 Å². The van der Waals surface area contributed by atoms with Gasteiger partial charge in [-0.05, 0) is 36.0 Å². The number of rotatable bonds is 3. The lowest BCUT2D eigenvalue weighted by atomic mass is 9.86. The highest BCUT2D eigenvalue weighted by Crippen LogP contribution is 2.29. The Labute approximate surface area is 171 Å². The van der Waals surface area contributed by atoms with Crippen LogP contribution in [0, 0.1) is 0 Å². The zero-order valence-corrected chi connectivity index (χ0v) is 17.3. The van der Waals surface area contributed by atoms with Gasteiger partial charge in [-0.3, -0.25) is 4.79 Å². The first-order valence-corrected chi connectivity index (χ1v) is 10.2. The number of nitrogens with zero attached hydrogens (tertiary/aromatic N) is 3. The number of amides is 1. The molecule has 1 amide bonds. The van der Waals surface area contributed by atoms with E-state index in [4.69, 9.17) is 4.52 Å². The van der Waals surface area contributed by atoms with E-state index in [0.717, 1.165) is 24.0 Å². The summed E-state index contributed by atoms with van der Waals surface area (Å²) in [4.78, 5) is 19.4. The van der Waals surface area contributed by atoms with Crippen molar-refractivity contribution in [2.24, 2.45) is 0 Å². The first kappa shape index (κ1) is 19.4. The fraction of sp³-hybridized carbons (Fsp3) is 0.375. The zero-order chi connectivity index (χ0) is 20.4. The molecule has 0 radical (unpaired) electrons. The van der Waals surface area contributed by atoms with Crippen molar-refractivity contribution < 1.29 is 9.32 Å². The van der Waals surface area contributed by atoms with Crippen molar-refractivity contribution in [2.75, 3.05) is 13.1 Å². The van der Waals surface area contributed by atoms with Gasteiger partial charge in [0.25, 0.3) is 5.91 Å². The predicted molar refractivity (Wildman–Crippen MR) is 113 cm³/mol. The molecule has 1 fully saturated rings. The van der Waals surface area contributed by atoms with Crippen LogP contribution in [0.15, 0.2) is 59.1 Å². The highest BCUT2D eigenvalue weighted by Gasteiger charge is 2.28. The molecule has 0 N–H and O–H groups in total. The van der Waals surface area contributed by atoms with Crippen molar-refractivity contribution >= 4 is 5.91 Å². The van der Waals surface area contributed by atoms with Gasteiger partial charge in [0.15, 0.2) is 0 Å². The molecule has 0 atom stereocenters. The SMILES string of the molecule is CC(C)(C)c1ccc(C(=O)N2CCC(c3nc(-c4ccccc4)no3)CC2)cc1. The summed E-state index contributed by atoms with van der Waals surface area (Å²) in [7, 11) is 0. The average Bonchev–Trinajstić information content (AvgIpc) is 3.24. The molecule has 0 unspecified atom stereocenters. The summed E-state index contributed by atoms with van der Waals surface area (Å²) < 4.78 is 5.52. The minimum atomic E-state index is 0.0859. The summed E-state index contributed by atoms with van der Waals surface area (Å²) in [6, 6.07) is 17.8. The molecule has 2 heterocycles. The molecule has 5 nitrogen and oxygen atoms in total. The Morgan fingerprint density at radius 2 is 1.66 bits per heavy atom. The second-order valence-electron chi connectivity index (χ2n) is 8.72. The van der Waals surface area contributed by atoms with Gasteiger partial charge < -0.3 is 9.42 Å². The van der Waals surface area contributed by atoms with Crippen LogP contribution in [0.4, 0.5) is 0 Å². The van der Waals surface area contributed by atoms with E-state index in [1.165, 1.54) is 5.56 Å². The number of hydrogen-bond acceptors (Lipinski definition) is 4. The van der Waals surface area contributed by atoms with E-state index in [9.17, 15) is 4.79 Å². The summed E-state index contributed by atoms with van der Waals surface area (Å²) >= 11 is 0. The fourth-order valence-electron chi connectivity index (χ4n) is 3.73. The van der Waals surface area contributed by atoms with E-state index >= 15 is 0 Å². The molecular formula is C24H27N3O2. The molecule has 0 bridgehead atoms. The lowest BCUT2D eigenvalue weighted by Crippen LogP contribution is -2.38. The van der Waals surface area contributed by atoms with Crippen LogP contribution in [0.2, 0.25) is 0 Å². The van der Waals surface area contributed by atoms with Crippen molar-refractivity contribution in [1.29, 1.82) is 0 Å². The van der Waals surface area contributed by atoms with Crippen LogP contribution < -0.4 is 0 Å². The molecule has 3 aromatic rings. The van der Waals surface area contributed by atoms with E-state index in [-0.39, 0.29) is 17.2 Å². The third kappa shape index (κ3) is 4.24. The lowest BCUT2D eigenvalue weighted by molar-refractivity contribution is 0.0704. The molecule has 0 saturated carbocycles. The minimum absolute atomic E-state index is 0.0859. The smallest absolute Gasteiger partial charge is 0.253 e. The molecule has 2 aromatic carbocycles. The second kappa shape index (κ2) is 7.82. The quantitative estimate of drug-likeness (QED) is 0.629. The highest BCUT2D eigenvalue weighted by molar-refractivity contribution is 5.94. The summed E-state index contributed by atoms with van der Waals surface area (Å²) in [5.74, 6) is 1.59. The monoisotopic (exact) mass is 389 g/mol.